The van der Waals surface area contributed by atoms with Gasteiger partial charge in [0.15, 0.2) is 0 Å². The summed E-state index contributed by atoms with van der Waals surface area (Å²) in [6.07, 6.45) is 0. The zero-order chi connectivity index (χ0) is 10.1. The van der Waals surface area contributed by atoms with Gasteiger partial charge in [0.1, 0.15) is 0 Å². The third kappa shape index (κ3) is 4.16. The van der Waals surface area contributed by atoms with Crippen molar-refractivity contribution in [2.24, 2.45) is 0 Å². The highest BCUT2D eigenvalue weighted by molar-refractivity contribution is 6.75. The summed E-state index contributed by atoms with van der Waals surface area (Å²) in [5.74, 6) is 0. The van der Waals surface area contributed by atoms with Gasteiger partial charge in [0.2, 0.25) is 0 Å². The van der Waals surface area contributed by atoms with Gasteiger partial charge in [-0.2, -0.15) is 0 Å². The smallest absolute Gasteiger partial charge is 0.0487 e. The van der Waals surface area contributed by atoms with Crippen molar-refractivity contribution in [3.8, 4) is 0 Å². The quantitative estimate of drug-likeness (QED) is 0.663. The lowest BCUT2D eigenvalue weighted by Gasteiger charge is -2.15. The zero-order valence-corrected chi connectivity index (χ0v) is 10.7. The van der Waals surface area contributed by atoms with E-state index < -0.39 is 8.07 Å². The van der Waals surface area contributed by atoms with E-state index in [-0.39, 0.29) is 0 Å². The van der Waals surface area contributed by atoms with Gasteiger partial charge in [0.05, 0.1) is 0 Å². The van der Waals surface area contributed by atoms with E-state index in [9.17, 15) is 0 Å². The molecule has 3 heteroatoms. The first kappa shape index (κ1) is 11.1. The first-order valence-corrected chi connectivity index (χ1v) is 8.78. The van der Waals surface area contributed by atoms with Gasteiger partial charge in [0, 0.05) is 18.1 Å². The van der Waals surface area contributed by atoms with Crippen LogP contribution >= 0.6 is 23.2 Å². The second-order valence-electron chi connectivity index (χ2n) is 4.52. The zero-order valence-electron chi connectivity index (χ0n) is 8.20. The maximum Gasteiger partial charge on any atom is 0.0487 e. The van der Waals surface area contributed by atoms with Crippen molar-refractivity contribution >= 4 is 31.3 Å². The summed E-state index contributed by atoms with van der Waals surface area (Å²) in [6.45, 7) is 7.01. The van der Waals surface area contributed by atoms with Gasteiger partial charge in [-0.1, -0.05) is 42.8 Å². The summed E-state index contributed by atoms with van der Waals surface area (Å²) >= 11 is 11.8. The van der Waals surface area contributed by atoms with Crippen molar-refractivity contribution in [2.45, 2.75) is 25.7 Å². The van der Waals surface area contributed by atoms with Gasteiger partial charge >= 0.3 is 0 Å². The van der Waals surface area contributed by atoms with Crippen LogP contribution in [0, 0.1) is 0 Å². The van der Waals surface area contributed by atoms with Gasteiger partial charge < -0.3 is 0 Å². The van der Waals surface area contributed by atoms with Gasteiger partial charge in [-0.05, 0) is 29.8 Å². The fourth-order valence-electron chi connectivity index (χ4n) is 1.33. The molecule has 0 aliphatic rings. The van der Waals surface area contributed by atoms with Crippen LogP contribution in [0.2, 0.25) is 29.7 Å². The van der Waals surface area contributed by atoms with Crippen molar-refractivity contribution in [2.75, 3.05) is 0 Å². The van der Waals surface area contributed by atoms with Crippen LogP contribution in [0.1, 0.15) is 5.56 Å². The molecule has 0 nitrogen and oxygen atoms in total. The Bertz CT molecular complexity index is 282. The van der Waals surface area contributed by atoms with Crippen LogP contribution in [0.25, 0.3) is 0 Å². The van der Waals surface area contributed by atoms with E-state index in [1.54, 1.807) is 6.07 Å². The van der Waals surface area contributed by atoms with E-state index in [0.717, 1.165) is 16.1 Å². The first-order valence-electron chi connectivity index (χ1n) is 4.32. The van der Waals surface area contributed by atoms with Crippen LogP contribution in [0.5, 0.6) is 0 Å². The molecule has 0 radical (unpaired) electrons. The monoisotopic (exact) mass is 232 g/mol. The number of hydrogen-bond donors (Lipinski definition) is 0. The van der Waals surface area contributed by atoms with Gasteiger partial charge in [-0.15, -0.1) is 0 Å². The molecule has 0 saturated heterocycles. The van der Waals surface area contributed by atoms with Crippen LogP contribution in [-0.4, -0.2) is 8.07 Å². The second-order valence-corrected chi connectivity index (χ2v) is 10.9. The van der Waals surface area contributed by atoms with E-state index in [1.807, 2.05) is 12.1 Å². The molecule has 0 fully saturated rings. The third-order valence-electron chi connectivity index (χ3n) is 1.66. The fourth-order valence-corrected chi connectivity index (χ4v) is 3.33. The van der Waals surface area contributed by atoms with Gasteiger partial charge in [-0.25, -0.2) is 0 Å². The van der Waals surface area contributed by atoms with Crippen molar-refractivity contribution < 1.29 is 0 Å². The predicted molar refractivity (Wildman–Crippen MR) is 63.5 cm³/mol. The molecule has 0 aliphatic carbocycles. The number of rotatable bonds is 2. The highest BCUT2D eigenvalue weighted by atomic mass is 35.5. The molecule has 0 amide bonds. The van der Waals surface area contributed by atoms with Gasteiger partial charge in [-0.3, -0.25) is 0 Å². The maximum atomic E-state index is 5.91. The predicted octanol–water partition coefficient (Wildman–Crippen LogP) is 4.41. The molecule has 0 bridgehead atoms. The number of benzene rings is 1. The number of hydrogen-bond acceptors (Lipinski definition) is 0. The molecule has 0 atom stereocenters. The summed E-state index contributed by atoms with van der Waals surface area (Å²) in [4.78, 5) is 0. The molecule has 0 aliphatic heterocycles. The van der Waals surface area contributed by atoms with E-state index in [2.05, 4.69) is 19.6 Å². The fraction of sp³-hybridized carbons (Fsp3) is 0.400. The molecule has 0 heterocycles. The molecular weight excluding hydrogens is 219 g/mol. The van der Waals surface area contributed by atoms with Crippen LogP contribution in [0.3, 0.4) is 0 Å². The Morgan fingerprint density at radius 1 is 1.00 bits per heavy atom. The summed E-state index contributed by atoms with van der Waals surface area (Å²) in [7, 11) is -1.06. The minimum Gasteiger partial charge on any atom is -0.0843 e. The molecule has 13 heavy (non-hydrogen) atoms. The Morgan fingerprint density at radius 2 is 1.46 bits per heavy atom. The Balaban J connectivity index is 2.90. The molecule has 0 saturated carbocycles. The molecule has 1 aromatic rings. The lowest BCUT2D eigenvalue weighted by atomic mass is 10.2. The highest BCUT2D eigenvalue weighted by Crippen LogP contribution is 2.21. The maximum absolute atomic E-state index is 5.91. The summed E-state index contributed by atoms with van der Waals surface area (Å²) < 4.78 is 0. The minimum absolute atomic E-state index is 0.737. The average molecular weight is 233 g/mol. The average Bonchev–Trinajstić information content (AvgIpc) is 1.78. The van der Waals surface area contributed by atoms with Crippen molar-refractivity contribution in [1.29, 1.82) is 0 Å². The van der Waals surface area contributed by atoms with E-state index in [4.69, 9.17) is 23.2 Å². The second kappa shape index (κ2) is 4.03. The van der Waals surface area contributed by atoms with E-state index in [1.165, 1.54) is 5.56 Å². The molecule has 1 rings (SSSR count). The summed E-state index contributed by atoms with van der Waals surface area (Å²) in [6, 6.07) is 6.92. The molecule has 1 aromatic carbocycles. The SMILES string of the molecule is C[Si](C)(C)Cc1cc(Cl)cc(Cl)c1. The molecule has 0 N–H and O–H groups in total. The highest BCUT2D eigenvalue weighted by Gasteiger charge is 2.14. The topological polar surface area (TPSA) is 0 Å². The summed E-state index contributed by atoms with van der Waals surface area (Å²) in [5, 5.41) is 1.47. The third-order valence-corrected chi connectivity index (χ3v) is 3.56. The van der Waals surface area contributed by atoms with Crippen LogP contribution in [0.15, 0.2) is 18.2 Å². The van der Waals surface area contributed by atoms with Crippen LogP contribution in [0.4, 0.5) is 0 Å². The normalized spacial score (nSPS) is 11.8. The number of halogens is 2. The van der Waals surface area contributed by atoms with Crippen LogP contribution in [-0.2, 0) is 6.04 Å². The Kier molecular flexibility index (Phi) is 3.44. The molecule has 0 aromatic heterocycles. The largest absolute Gasteiger partial charge is 0.0843 e. The van der Waals surface area contributed by atoms with Crippen molar-refractivity contribution in [3.63, 3.8) is 0 Å². The minimum atomic E-state index is -1.06. The molecule has 0 unspecified atom stereocenters. The van der Waals surface area contributed by atoms with E-state index in [0.29, 0.717) is 0 Å². The Morgan fingerprint density at radius 3 is 1.85 bits per heavy atom. The standard InChI is InChI=1S/C10H14Cl2Si/c1-13(2,3)7-8-4-9(11)6-10(12)5-8/h4-6H,7H2,1-3H3. The van der Waals surface area contributed by atoms with Crippen molar-refractivity contribution in [3.05, 3.63) is 33.8 Å². The first-order chi connectivity index (χ1) is 5.87. The summed E-state index contributed by atoms with van der Waals surface area (Å²) in [5.41, 5.74) is 1.26. The Hall–Kier alpha value is 0.0169. The lowest BCUT2D eigenvalue weighted by Crippen LogP contribution is -2.23. The molecule has 72 valence electrons. The molecular formula is C10H14Cl2Si. The van der Waals surface area contributed by atoms with Crippen molar-refractivity contribution in [1.82, 2.24) is 0 Å². The van der Waals surface area contributed by atoms with Gasteiger partial charge in [0.25, 0.3) is 0 Å². The molecule has 0 spiro atoms. The van der Waals surface area contributed by atoms with Crippen LogP contribution < -0.4 is 0 Å². The Labute approximate surface area is 90.9 Å². The van der Waals surface area contributed by atoms with E-state index >= 15 is 0 Å². The lowest BCUT2D eigenvalue weighted by molar-refractivity contribution is 1.31.